The van der Waals surface area contributed by atoms with Crippen LogP contribution in [0.2, 0.25) is 0 Å². The van der Waals surface area contributed by atoms with Gasteiger partial charge in [-0.25, -0.2) is 0 Å². The third kappa shape index (κ3) is 4.31. The first-order chi connectivity index (χ1) is 10.1. The van der Waals surface area contributed by atoms with E-state index in [1.165, 1.54) is 17.2 Å². The molecule has 2 rings (SSSR count). The summed E-state index contributed by atoms with van der Waals surface area (Å²) < 4.78 is 0. The van der Waals surface area contributed by atoms with Gasteiger partial charge in [0, 0.05) is 12.1 Å². The average molecular weight is 284 g/mol. The molecule has 0 aliphatic rings. The molecule has 21 heavy (non-hydrogen) atoms. The summed E-state index contributed by atoms with van der Waals surface area (Å²) in [4.78, 5) is 10.6. The maximum absolute atomic E-state index is 11.0. The quantitative estimate of drug-likeness (QED) is 0.634. The Kier molecular flexibility index (Phi) is 4.93. The first-order valence-corrected chi connectivity index (χ1v) is 7.12. The van der Waals surface area contributed by atoms with Crippen LogP contribution < -0.4 is 5.32 Å². The Bertz CT molecular complexity index is 626. The summed E-state index contributed by atoms with van der Waals surface area (Å²) >= 11 is 0. The van der Waals surface area contributed by atoms with Gasteiger partial charge in [-0.05, 0) is 38.3 Å². The van der Waals surface area contributed by atoms with E-state index in [1.807, 2.05) is 13.0 Å². The maximum Gasteiger partial charge on any atom is 0.292 e. The summed E-state index contributed by atoms with van der Waals surface area (Å²) in [5.74, 6) is 0. The van der Waals surface area contributed by atoms with Crippen LogP contribution in [0, 0.1) is 17.0 Å². The van der Waals surface area contributed by atoms with E-state index >= 15 is 0 Å². The van der Waals surface area contributed by atoms with Crippen molar-refractivity contribution >= 4 is 11.4 Å². The summed E-state index contributed by atoms with van der Waals surface area (Å²) in [6, 6.07) is 15.4. The van der Waals surface area contributed by atoms with Crippen LogP contribution in [0.5, 0.6) is 0 Å². The van der Waals surface area contributed by atoms with E-state index in [0.29, 0.717) is 5.69 Å². The molecule has 0 heterocycles. The molecule has 0 spiro atoms. The van der Waals surface area contributed by atoms with Crippen molar-refractivity contribution in [2.75, 3.05) is 5.32 Å². The van der Waals surface area contributed by atoms with Gasteiger partial charge in [-0.2, -0.15) is 0 Å². The van der Waals surface area contributed by atoms with Gasteiger partial charge in [0.1, 0.15) is 5.69 Å². The van der Waals surface area contributed by atoms with Gasteiger partial charge in [-0.1, -0.05) is 42.0 Å². The van der Waals surface area contributed by atoms with Crippen LogP contribution in [0.3, 0.4) is 0 Å². The fourth-order valence-corrected chi connectivity index (χ4v) is 2.34. The van der Waals surface area contributed by atoms with Crippen molar-refractivity contribution in [2.24, 2.45) is 0 Å². The van der Waals surface area contributed by atoms with Crippen LogP contribution in [0.25, 0.3) is 0 Å². The molecule has 0 radical (unpaired) electrons. The van der Waals surface area contributed by atoms with Crippen LogP contribution >= 0.6 is 0 Å². The molecule has 2 aromatic rings. The van der Waals surface area contributed by atoms with Gasteiger partial charge in [0.15, 0.2) is 0 Å². The Morgan fingerprint density at radius 3 is 2.67 bits per heavy atom. The second-order valence-electron chi connectivity index (χ2n) is 5.35. The lowest BCUT2D eigenvalue weighted by Crippen LogP contribution is -2.16. The summed E-state index contributed by atoms with van der Waals surface area (Å²) in [7, 11) is 0. The fraction of sp³-hybridized carbons (Fsp3) is 0.294. The minimum atomic E-state index is -0.352. The number of aryl methyl sites for hydroxylation is 2. The summed E-state index contributed by atoms with van der Waals surface area (Å²) in [5.41, 5.74) is 3.26. The highest BCUT2D eigenvalue weighted by atomic mass is 16.6. The molecule has 1 unspecified atom stereocenters. The van der Waals surface area contributed by atoms with Gasteiger partial charge in [0.25, 0.3) is 5.69 Å². The molecule has 0 saturated heterocycles. The van der Waals surface area contributed by atoms with Gasteiger partial charge in [0.2, 0.25) is 0 Å². The summed E-state index contributed by atoms with van der Waals surface area (Å²) in [6.07, 6.45) is 1.88. The van der Waals surface area contributed by atoms with Crippen molar-refractivity contribution < 1.29 is 4.92 Å². The number of anilines is 1. The van der Waals surface area contributed by atoms with Crippen molar-refractivity contribution in [1.82, 2.24) is 0 Å². The molecule has 0 fully saturated rings. The van der Waals surface area contributed by atoms with Crippen molar-refractivity contribution in [3.63, 3.8) is 0 Å². The smallest absolute Gasteiger partial charge is 0.292 e. The van der Waals surface area contributed by atoms with Gasteiger partial charge in [0.05, 0.1) is 4.92 Å². The minimum absolute atomic E-state index is 0.125. The van der Waals surface area contributed by atoms with E-state index in [0.717, 1.165) is 12.8 Å². The molecule has 0 amide bonds. The number of para-hydroxylation sites is 2. The number of nitro benzene ring substituents is 1. The van der Waals surface area contributed by atoms with Crippen LogP contribution in [0.4, 0.5) is 11.4 Å². The lowest BCUT2D eigenvalue weighted by Gasteiger charge is -2.15. The van der Waals surface area contributed by atoms with E-state index in [-0.39, 0.29) is 16.7 Å². The van der Waals surface area contributed by atoms with E-state index in [2.05, 4.69) is 36.5 Å². The number of hydrogen-bond acceptors (Lipinski definition) is 3. The highest BCUT2D eigenvalue weighted by Gasteiger charge is 2.14. The molecule has 1 atom stereocenters. The molecule has 1 N–H and O–H groups in total. The number of rotatable bonds is 6. The molecule has 2 aromatic carbocycles. The number of hydrogen-bond donors (Lipinski definition) is 1. The number of nitrogens with zero attached hydrogens (tertiary/aromatic N) is 1. The highest BCUT2D eigenvalue weighted by molar-refractivity contribution is 5.61. The topological polar surface area (TPSA) is 55.2 Å². The van der Waals surface area contributed by atoms with Crippen LogP contribution in [-0.4, -0.2) is 11.0 Å². The first kappa shape index (κ1) is 15.0. The average Bonchev–Trinajstić information content (AvgIpc) is 2.45. The number of nitrogens with one attached hydrogen (secondary N) is 1. The molecule has 0 bridgehead atoms. The minimum Gasteiger partial charge on any atom is -0.377 e. The molecule has 4 nitrogen and oxygen atoms in total. The third-order valence-electron chi connectivity index (χ3n) is 3.45. The Morgan fingerprint density at radius 1 is 1.19 bits per heavy atom. The van der Waals surface area contributed by atoms with E-state index in [9.17, 15) is 10.1 Å². The largest absolute Gasteiger partial charge is 0.377 e. The Labute approximate surface area is 125 Å². The van der Waals surface area contributed by atoms with Crippen molar-refractivity contribution in [3.05, 3.63) is 69.8 Å². The van der Waals surface area contributed by atoms with Gasteiger partial charge < -0.3 is 5.32 Å². The van der Waals surface area contributed by atoms with Gasteiger partial charge in [-0.3, -0.25) is 10.1 Å². The van der Waals surface area contributed by atoms with Crippen LogP contribution in [0.15, 0.2) is 48.5 Å². The van der Waals surface area contributed by atoms with Gasteiger partial charge in [-0.15, -0.1) is 0 Å². The lowest BCUT2D eigenvalue weighted by molar-refractivity contribution is -0.384. The third-order valence-corrected chi connectivity index (χ3v) is 3.45. The second kappa shape index (κ2) is 6.88. The molecule has 110 valence electrons. The highest BCUT2D eigenvalue weighted by Crippen LogP contribution is 2.24. The van der Waals surface area contributed by atoms with Crippen LogP contribution in [0.1, 0.15) is 24.5 Å². The SMILES string of the molecule is Cc1cccc(CCC(C)Nc2ccccc2[N+](=O)[O-])c1. The lowest BCUT2D eigenvalue weighted by atomic mass is 10.0. The first-order valence-electron chi connectivity index (χ1n) is 7.12. The van der Waals surface area contributed by atoms with E-state index < -0.39 is 0 Å². The van der Waals surface area contributed by atoms with E-state index in [1.54, 1.807) is 12.1 Å². The van der Waals surface area contributed by atoms with Gasteiger partial charge >= 0.3 is 0 Å². The molecule has 4 heteroatoms. The number of nitro groups is 1. The van der Waals surface area contributed by atoms with Crippen LogP contribution in [-0.2, 0) is 6.42 Å². The normalized spacial score (nSPS) is 11.9. The zero-order valence-electron chi connectivity index (χ0n) is 12.4. The molecule has 0 aliphatic carbocycles. The zero-order valence-corrected chi connectivity index (χ0v) is 12.4. The Balaban J connectivity index is 1.96. The summed E-state index contributed by atoms with van der Waals surface area (Å²) in [5, 5.41) is 14.2. The van der Waals surface area contributed by atoms with E-state index in [4.69, 9.17) is 0 Å². The van der Waals surface area contributed by atoms with Crippen molar-refractivity contribution in [2.45, 2.75) is 32.7 Å². The van der Waals surface area contributed by atoms with Crippen molar-refractivity contribution in [1.29, 1.82) is 0 Å². The molecular weight excluding hydrogens is 264 g/mol. The zero-order chi connectivity index (χ0) is 15.2. The van der Waals surface area contributed by atoms with Crippen molar-refractivity contribution in [3.8, 4) is 0 Å². The predicted octanol–water partition coefficient (Wildman–Crippen LogP) is 4.34. The summed E-state index contributed by atoms with van der Waals surface area (Å²) in [6.45, 7) is 4.13. The fourth-order valence-electron chi connectivity index (χ4n) is 2.34. The Hall–Kier alpha value is -2.36. The second-order valence-corrected chi connectivity index (χ2v) is 5.35. The predicted molar refractivity (Wildman–Crippen MR) is 85.7 cm³/mol. The monoisotopic (exact) mass is 284 g/mol. The molecular formula is C17H20N2O2. The standard InChI is InChI=1S/C17H20N2O2/c1-13-6-5-7-15(12-13)11-10-14(2)18-16-8-3-4-9-17(16)19(20)21/h3-9,12,14,18H,10-11H2,1-2H3. The number of benzene rings is 2. The Morgan fingerprint density at radius 2 is 1.95 bits per heavy atom. The molecule has 0 aliphatic heterocycles. The molecule has 0 aromatic heterocycles. The maximum atomic E-state index is 11.0. The molecule has 0 saturated carbocycles.